The van der Waals surface area contributed by atoms with Crippen LogP contribution in [0.3, 0.4) is 0 Å². The molecule has 0 aliphatic heterocycles. The largest absolute Gasteiger partial charge is 0.467 e. The molecule has 8 heteroatoms. The van der Waals surface area contributed by atoms with Crippen molar-refractivity contribution in [3.63, 3.8) is 0 Å². The standard InChI is InChI=1S/C24H24FN3O4/c1-15(29)26-21(13-17-8-3-5-9-19(17)25)23(30)28-22(24(31)32-2)14-18-12-11-16-7-4-6-10-20(16)27-18/h3-12,21-22H,13-14H2,1-2H3,(H,26,29)(H,28,30)/t21-,22-/m0/s1. The number of nitrogens with one attached hydrogen (secondary N) is 2. The summed E-state index contributed by atoms with van der Waals surface area (Å²) in [6.07, 6.45) is 0.0238. The molecular formula is C24H24FN3O4. The van der Waals surface area contributed by atoms with Crippen LogP contribution in [-0.4, -0.2) is 42.0 Å². The van der Waals surface area contributed by atoms with Gasteiger partial charge in [0, 0.05) is 30.8 Å². The highest BCUT2D eigenvalue weighted by molar-refractivity contribution is 5.90. The molecule has 32 heavy (non-hydrogen) atoms. The number of para-hydroxylation sites is 1. The van der Waals surface area contributed by atoms with Crippen molar-refractivity contribution in [1.29, 1.82) is 0 Å². The summed E-state index contributed by atoms with van der Waals surface area (Å²) < 4.78 is 18.9. The molecule has 0 saturated heterocycles. The first-order valence-corrected chi connectivity index (χ1v) is 10.1. The summed E-state index contributed by atoms with van der Waals surface area (Å²) in [7, 11) is 1.22. The highest BCUT2D eigenvalue weighted by atomic mass is 19.1. The number of aromatic nitrogens is 1. The van der Waals surface area contributed by atoms with Crippen LogP contribution in [0.5, 0.6) is 0 Å². The maximum atomic E-state index is 14.1. The lowest BCUT2D eigenvalue weighted by molar-refractivity contribution is -0.145. The second-order valence-electron chi connectivity index (χ2n) is 7.33. The van der Waals surface area contributed by atoms with E-state index in [0.717, 1.165) is 10.9 Å². The van der Waals surface area contributed by atoms with Crippen LogP contribution in [0.4, 0.5) is 4.39 Å². The van der Waals surface area contributed by atoms with E-state index in [4.69, 9.17) is 4.74 Å². The number of esters is 1. The van der Waals surface area contributed by atoms with Gasteiger partial charge in [-0.05, 0) is 23.8 Å². The minimum Gasteiger partial charge on any atom is -0.467 e. The first kappa shape index (κ1) is 22.9. The van der Waals surface area contributed by atoms with Gasteiger partial charge in [0.1, 0.15) is 17.9 Å². The first-order valence-electron chi connectivity index (χ1n) is 10.1. The number of pyridine rings is 1. The molecule has 166 valence electrons. The van der Waals surface area contributed by atoms with Crippen LogP contribution in [-0.2, 0) is 32.0 Å². The van der Waals surface area contributed by atoms with Crippen molar-refractivity contribution in [1.82, 2.24) is 15.6 Å². The number of carbonyl (C=O) groups excluding carboxylic acids is 3. The van der Waals surface area contributed by atoms with E-state index in [1.807, 2.05) is 30.3 Å². The average Bonchev–Trinajstić information content (AvgIpc) is 2.78. The van der Waals surface area contributed by atoms with Gasteiger partial charge in [-0.1, -0.05) is 42.5 Å². The fourth-order valence-corrected chi connectivity index (χ4v) is 3.38. The number of hydrogen-bond acceptors (Lipinski definition) is 5. The number of rotatable bonds is 8. The van der Waals surface area contributed by atoms with Crippen LogP contribution in [0, 0.1) is 5.82 Å². The molecule has 0 radical (unpaired) electrons. The van der Waals surface area contributed by atoms with Crippen LogP contribution in [0.2, 0.25) is 0 Å². The summed E-state index contributed by atoms with van der Waals surface area (Å²) in [4.78, 5) is 41.5. The Hall–Kier alpha value is -3.81. The Labute approximate surface area is 185 Å². The molecule has 7 nitrogen and oxygen atoms in total. The number of fused-ring (bicyclic) bond motifs is 1. The molecule has 0 saturated carbocycles. The van der Waals surface area contributed by atoms with E-state index in [-0.39, 0.29) is 18.4 Å². The van der Waals surface area contributed by atoms with Gasteiger partial charge in [0.05, 0.1) is 12.6 Å². The maximum Gasteiger partial charge on any atom is 0.328 e. The molecule has 2 aromatic carbocycles. The van der Waals surface area contributed by atoms with Crippen molar-refractivity contribution in [2.75, 3.05) is 7.11 Å². The Bertz CT molecular complexity index is 1130. The lowest BCUT2D eigenvalue weighted by Gasteiger charge is -2.22. The molecule has 2 amide bonds. The summed E-state index contributed by atoms with van der Waals surface area (Å²) in [5, 5.41) is 6.09. The van der Waals surface area contributed by atoms with E-state index < -0.39 is 35.7 Å². The fourth-order valence-electron chi connectivity index (χ4n) is 3.38. The second kappa shape index (κ2) is 10.5. The summed E-state index contributed by atoms with van der Waals surface area (Å²) in [5.74, 6) is -2.21. The number of nitrogens with zero attached hydrogens (tertiary/aromatic N) is 1. The fraction of sp³-hybridized carbons (Fsp3) is 0.250. The number of ether oxygens (including phenoxy) is 1. The van der Waals surface area contributed by atoms with Gasteiger partial charge in [0.2, 0.25) is 11.8 Å². The van der Waals surface area contributed by atoms with Crippen molar-refractivity contribution >= 4 is 28.7 Å². The Balaban J connectivity index is 1.79. The highest BCUT2D eigenvalue weighted by Crippen LogP contribution is 2.14. The zero-order valence-electron chi connectivity index (χ0n) is 17.8. The first-order chi connectivity index (χ1) is 15.4. The van der Waals surface area contributed by atoms with Gasteiger partial charge in [0.15, 0.2) is 0 Å². The quantitative estimate of drug-likeness (QED) is 0.527. The van der Waals surface area contributed by atoms with Crippen LogP contribution in [0.15, 0.2) is 60.7 Å². The van der Waals surface area contributed by atoms with Gasteiger partial charge in [-0.15, -0.1) is 0 Å². The normalized spacial score (nSPS) is 12.6. The number of methoxy groups -OCH3 is 1. The van der Waals surface area contributed by atoms with E-state index in [9.17, 15) is 18.8 Å². The van der Waals surface area contributed by atoms with Crippen molar-refractivity contribution in [3.05, 3.63) is 77.7 Å². The predicted molar refractivity (Wildman–Crippen MR) is 117 cm³/mol. The molecule has 0 aliphatic rings. The molecule has 0 bridgehead atoms. The third-order valence-corrected chi connectivity index (χ3v) is 4.95. The molecular weight excluding hydrogens is 413 g/mol. The molecule has 2 N–H and O–H groups in total. The van der Waals surface area contributed by atoms with E-state index in [1.165, 1.54) is 32.2 Å². The Morgan fingerprint density at radius 3 is 2.38 bits per heavy atom. The molecule has 0 unspecified atom stereocenters. The van der Waals surface area contributed by atoms with Crippen molar-refractivity contribution in [2.24, 2.45) is 0 Å². The molecule has 2 atom stereocenters. The van der Waals surface area contributed by atoms with Gasteiger partial charge in [-0.25, -0.2) is 9.18 Å². The summed E-state index contributed by atoms with van der Waals surface area (Å²) in [6.45, 7) is 1.26. The Kier molecular flexibility index (Phi) is 7.49. The molecule has 3 rings (SSSR count). The van der Waals surface area contributed by atoms with Gasteiger partial charge >= 0.3 is 5.97 Å². The van der Waals surface area contributed by atoms with Crippen LogP contribution >= 0.6 is 0 Å². The minimum atomic E-state index is -1.07. The van der Waals surface area contributed by atoms with Gasteiger partial charge < -0.3 is 15.4 Å². The molecule has 1 aromatic heterocycles. The average molecular weight is 437 g/mol. The van der Waals surface area contributed by atoms with Crippen LogP contribution < -0.4 is 10.6 Å². The van der Waals surface area contributed by atoms with Crippen LogP contribution in [0.25, 0.3) is 10.9 Å². The van der Waals surface area contributed by atoms with Crippen molar-refractivity contribution in [2.45, 2.75) is 31.8 Å². The van der Waals surface area contributed by atoms with Crippen molar-refractivity contribution < 1.29 is 23.5 Å². The van der Waals surface area contributed by atoms with Gasteiger partial charge in [0.25, 0.3) is 0 Å². The van der Waals surface area contributed by atoms with E-state index >= 15 is 0 Å². The summed E-state index contributed by atoms with van der Waals surface area (Å²) >= 11 is 0. The molecule has 1 heterocycles. The Morgan fingerprint density at radius 1 is 0.938 bits per heavy atom. The number of halogens is 1. The van der Waals surface area contributed by atoms with Gasteiger partial charge in [-0.3, -0.25) is 14.6 Å². The molecule has 0 spiro atoms. The topological polar surface area (TPSA) is 97.4 Å². The Morgan fingerprint density at radius 2 is 1.66 bits per heavy atom. The smallest absolute Gasteiger partial charge is 0.328 e. The number of hydrogen-bond donors (Lipinski definition) is 2. The lowest BCUT2D eigenvalue weighted by Crippen LogP contribution is -2.53. The zero-order valence-corrected chi connectivity index (χ0v) is 17.8. The van der Waals surface area contributed by atoms with Crippen LogP contribution in [0.1, 0.15) is 18.2 Å². The van der Waals surface area contributed by atoms with Crippen molar-refractivity contribution in [3.8, 4) is 0 Å². The summed E-state index contributed by atoms with van der Waals surface area (Å²) in [6, 6.07) is 15.1. The molecule has 3 aromatic rings. The zero-order chi connectivity index (χ0) is 23.1. The SMILES string of the molecule is COC(=O)[C@H](Cc1ccc2ccccc2n1)NC(=O)[C@H](Cc1ccccc1F)NC(C)=O. The monoisotopic (exact) mass is 437 g/mol. The van der Waals surface area contributed by atoms with E-state index in [2.05, 4.69) is 15.6 Å². The van der Waals surface area contributed by atoms with E-state index in [0.29, 0.717) is 5.69 Å². The van der Waals surface area contributed by atoms with Gasteiger partial charge in [-0.2, -0.15) is 0 Å². The van der Waals surface area contributed by atoms with E-state index in [1.54, 1.807) is 12.1 Å². The minimum absolute atomic E-state index is 0.0692. The molecule has 0 fully saturated rings. The predicted octanol–water partition coefficient (Wildman–Crippen LogP) is 2.32. The lowest BCUT2D eigenvalue weighted by atomic mass is 10.0. The number of benzene rings is 2. The summed E-state index contributed by atoms with van der Waals surface area (Å²) in [5.41, 5.74) is 1.62. The maximum absolute atomic E-state index is 14.1. The second-order valence-corrected chi connectivity index (χ2v) is 7.33. The third-order valence-electron chi connectivity index (χ3n) is 4.95. The third kappa shape index (κ3) is 5.87. The molecule has 0 aliphatic carbocycles. The number of carbonyl (C=O) groups is 3. The highest BCUT2D eigenvalue weighted by Gasteiger charge is 2.28. The number of amides is 2.